The van der Waals surface area contributed by atoms with Crippen molar-refractivity contribution < 1.29 is 9.18 Å². The van der Waals surface area contributed by atoms with Crippen LogP contribution in [0.2, 0.25) is 0 Å². The van der Waals surface area contributed by atoms with Gasteiger partial charge in [-0.1, -0.05) is 6.07 Å². The molecule has 110 valence electrons. The Kier molecular flexibility index (Phi) is 4.20. The number of halogens is 1. The first-order chi connectivity index (χ1) is 10.7. The van der Waals surface area contributed by atoms with Crippen molar-refractivity contribution in [3.63, 3.8) is 0 Å². The van der Waals surface area contributed by atoms with Crippen LogP contribution in [0.25, 0.3) is 11.3 Å². The van der Waals surface area contributed by atoms with E-state index in [4.69, 9.17) is 0 Å². The van der Waals surface area contributed by atoms with E-state index in [1.807, 2.05) is 11.4 Å². The molecule has 0 atom stereocenters. The van der Waals surface area contributed by atoms with Crippen LogP contribution in [-0.2, 0) is 6.54 Å². The summed E-state index contributed by atoms with van der Waals surface area (Å²) < 4.78 is 12.9. The van der Waals surface area contributed by atoms with Crippen molar-refractivity contribution in [2.45, 2.75) is 6.54 Å². The molecule has 1 N–H and O–H groups in total. The number of amides is 1. The first-order valence-corrected chi connectivity index (χ1v) is 7.49. The average molecular weight is 313 g/mol. The van der Waals surface area contributed by atoms with Gasteiger partial charge in [0.25, 0.3) is 5.91 Å². The van der Waals surface area contributed by atoms with Gasteiger partial charge in [0.05, 0.1) is 22.8 Å². The predicted molar refractivity (Wildman–Crippen MR) is 82.9 cm³/mol. The summed E-state index contributed by atoms with van der Waals surface area (Å²) in [5.41, 5.74) is 2.18. The van der Waals surface area contributed by atoms with Crippen molar-refractivity contribution in [3.05, 3.63) is 70.6 Å². The lowest BCUT2D eigenvalue weighted by atomic mass is 10.1. The molecule has 22 heavy (non-hydrogen) atoms. The van der Waals surface area contributed by atoms with Crippen LogP contribution in [0.1, 0.15) is 15.4 Å². The molecule has 1 amide bonds. The maximum Gasteiger partial charge on any atom is 0.261 e. The summed E-state index contributed by atoms with van der Waals surface area (Å²) in [5, 5.41) is 4.66. The molecule has 0 radical (unpaired) electrons. The highest BCUT2D eigenvalue weighted by molar-refractivity contribution is 7.12. The highest BCUT2D eigenvalue weighted by Crippen LogP contribution is 2.17. The lowest BCUT2D eigenvalue weighted by Gasteiger charge is -2.05. The van der Waals surface area contributed by atoms with Crippen molar-refractivity contribution in [2.24, 2.45) is 0 Å². The smallest absolute Gasteiger partial charge is 0.261 e. The van der Waals surface area contributed by atoms with Gasteiger partial charge in [-0.15, -0.1) is 11.3 Å². The van der Waals surface area contributed by atoms with Crippen LogP contribution in [0.3, 0.4) is 0 Å². The molecular formula is C16H12FN3OS. The molecule has 0 fully saturated rings. The van der Waals surface area contributed by atoms with Gasteiger partial charge in [0.1, 0.15) is 12.1 Å². The van der Waals surface area contributed by atoms with Crippen LogP contribution < -0.4 is 5.32 Å². The molecule has 4 nitrogen and oxygen atoms in total. The van der Waals surface area contributed by atoms with E-state index in [-0.39, 0.29) is 11.7 Å². The van der Waals surface area contributed by atoms with E-state index in [2.05, 4.69) is 15.3 Å². The molecular weight excluding hydrogens is 301 g/mol. The van der Waals surface area contributed by atoms with Crippen molar-refractivity contribution in [1.29, 1.82) is 0 Å². The van der Waals surface area contributed by atoms with E-state index in [0.29, 0.717) is 22.8 Å². The van der Waals surface area contributed by atoms with Crippen molar-refractivity contribution >= 4 is 17.2 Å². The Balaban J connectivity index is 1.71. The molecule has 3 aromatic rings. The third-order valence-corrected chi connectivity index (χ3v) is 3.91. The maximum atomic E-state index is 12.9. The zero-order valence-electron chi connectivity index (χ0n) is 11.5. The molecule has 1 aromatic carbocycles. The number of rotatable bonds is 4. The Labute approximate surface area is 130 Å². The molecule has 2 heterocycles. The molecule has 0 aliphatic heterocycles. The summed E-state index contributed by atoms with van der Waals surface area (Å²) in [6.07, 6.45) is 1.44. The van der Waals surface area contributed by atoms with E-state index in [1.165, 1.54) is 29.8 Å². The van der Waals surface area contributed by atoms with Gasteiger partial charge in [-0.25, -0.2) is 14.4 Å². The lowest BCUT2D eigenvalue weighted by molar-refractivity contribution is 0.0954. The first kappa shape index (κ1) is 14.3. The zero-order chi connectivity index (χ0) is 15.4. The first-order valence-electron chi connectivity index (χ1n) is 6.61. The molecule has 0 aliphatic carbocycles. The number of thiophene rings is 1. The summed E-state index contributed by atoms with van der Waals surface area (Å²) >= 11 is 1.39. The number of nitrogens with zero attached hydrogens (tertiary/aromatic N) is 2. The van der Waals surface area contributed by atoms with Crippen molar-refractivity contribution in [3.8, 4) is 11.3 Å². The summed E-state index contributed by atoms with van der Waals surface area (Å²) in [5.74, 6) is -0.418. The topological polar surface area (TPSA) is 54.9 Å². The van der Waals surface area contributed by atoms with Gasteiger partial charge in [0, 0.05) is 5.56 Å². The van der Waals surface area contributed by atoms with Gasteiger partial charge < -0.3 is 5.32 Å². The fourth-order valence-corrected chi connectivity index (χ4v) is 2.58. The number of hydrogen-bond acceptors (Lipinski definition) is 4. The third kappa shape index (κ3) is 3.35. The molecule has 6 heteroatoms. The second-order valence-electron chi connectivity index (χ2n) is 4.56. The van der Waals surface area contributed by atoms with Crippen LogP contribution in [0, 0.1) is 5.82 Å². The van der Waals surface area contributed by atoms with E-state index in [1.54, 1.807) is 24.3 Å². The molecule has 0 spiro atoms. The predicted octanol–water partition coefficient (Wildman–Crippen LogP) is 3.27. The highest BCUT2D eigenvalue weighted by atomic mass is 32.1. The highest BCUT2D eigenvalue weighted by Gasteiger charge is 2.07. The van der Waals surface area contributed by atoms with Crippen molar-refractivity contribution in [2.75, 3.05) is 0 Å². The van der Waals surface area contributed by atoms with E-state index >= 15 is 0 Å². The minimum atomic E-state index is -0.291. The molecule has 3 rings (SSSR count). The van der Waals surface area contributed by atoms with Crippen LogP contribution in [-0.4, -0.2) is 15.9 Å². The van der Waals surface area contributed by atoms with E-state index in [9.17, 15) is 9.18 Å². The van der Waals surface area contributed by atoms with Gasteiger partial charge >= 0.3 is 0 Å². The summed E-state index contributed by atoms with van der Waals surface area (Å²) in [7, 11) is 0. The Bertz CT molecular complexity index is 772. The number of aromatic nitrogens is 2. The van der Waals surface area contributed by atoms with Crippen molar-refractivity contribution in [1.82, 2.24) is 15.3 Å². The molecule has 0 aliphatic rings. The quantitative estimate of drug-likeness (QED) is 0.804. The van der Waals surface area contributed by atoms with Gasteiger partial charge in [-0.2, -0.15) is 0 Å². The fraction of sp³-hybridized carbons (Fsp3) is 0.0625. The molecule has 2 aromatic heterocycles. The molecule has 0 unspecified atom stereocenters. The number of carbonyl (C=O) groups excluding carboxylic acids is 1. The largest absolute Gasteiger partial charge is 0.346 e. The Morgan fingerprint density at radius 3 is 2.73 bits per heavy atom. The van der Waals surface area contributed by atoms with Gasteiger partial charge in [0.15, 0.2) is 0 Å². The second-order valence-corrected chi connectivity index (χ2v) is 5.51. The fourth-order valence-electron chi connectivity index (χ4n) is 1.94. The monoisotopic (exact) mass is 313 g/mol. The van der Waals surface area contributed by atoms with E-state index in [0.717, 1.165) is 5.56 Å². The van der Waals surface area contributed by atoms with Gasteiger partial charge in [-0.3, -0.25) is 4.79 Å². The van der Waals surface area contributed by atoms with Crippen LogP contribution in [0.15, 0.2) is 54.2 Å². The molecule has 0 saturated carbocycles. The van der Waals surface area contributed by atoms with Gasteiger partial charge in [0.2, 0.25) is 0 Å². The summed E-state index contributed by atoms with van der Waals surface area (Å²) in [4.78, 5) is 20.9. The zero-order valence-corrected chi connectivity index (χ0v) is 12.3. The minimum absolute atomic E-state index is 0.128. The normalized spacial score (nSPS) is 10.4. The minimum Gasteiger partial charge on any atom is -0.346 e. The maximum absolute atomic E-state index is 12.9. The SMILES string of the molecule is O=C(NCc1cc(-c2ccc(F)cc2)ncn1)c1cccs1. The van der Waals surface area contributed by atoms with E-state index < -0.39 is 0 Å². The Morgan fingerprint density at radius 2 is 2.00 bits per heavy atom. The summed E-state index contributed by atoms with van der Waals surface area (Å²) in [6.45, 7) is 0.313. The molecule has 0 saturated heterocycles. The average Bonchev–Trinajstić information content (AvgIpc) is 3.08. The Morgan fingerprint density at radius 1 is 1.18 bits per heavy atom. The number of benzene rings is 1. The van der Waals surface area contributed by atoms with Crippen LogP contribution in [0.5, 0.6) is 0 Å². The van der Waals surface area contributed by atoms with Gasteiger partial charge in [-0.05, 0) is 41.8 Å². The molecule has 0 bridgehead atoms. The summed E-state index contributed by atoms with van der Waals surface area (Å²) in [6, 6.07) is 11.5. The second kappa shape index (κ2) is 6.44. The number of hydrogen-bond donors (Lipinski definition) is 1. The van der Waals surface area contributed by atoms with Crippen LogP contribution in [0.4, 0.5) is 4.39 Å². The lowest BCUT2D eigenvalue weighted by Crippen LogP contribution is -2.22. The number of nitrogens with one attached hydrogen (secondary N) is 1. The third-order valence-electron chi connectivity index (χ3n) is 3.04. The number of carbonyl (C=O) groups is 1. The standard InChI is InChI=1S/C16H12FN3OS/c17-12-5-3-11(4-6-12)14-8-13(19-10-20-14)9-18-16(21)15-2-1-7-22-15/h1-8,10H,9H2,(H,18,21). The van der Waals surface area contributed by atoms with Crippen LogP contribution >= 0.6 is 11.3 Å². The Hall–Kier alpha value is -2.60.